The zero-order valence-electron chi connectivity index (χ0n) is 15.7. The van der Waals surface area contributed by atoms with E-state index in [-0.39, 0.29) is 5.76 Å². The van der Waals surface area contributed by atoms with Gasteiger partial charge in [-0.1, -0.05) is 29.8 Å². The van der Waals surface area contributed by atoms with Gasteiger partial charge in [-0.2, -0.15) is 5.10 Å². The van der Waals surface area contributed by atoms with Gasteiger partial charge in [-0.15, -0.1) is 0 Å². The molecule has 0 bridgehead atoms. The number of fused-ring (bicyclic) bond motifs is 1. The summed E-state index contributed by atoms with van der Waals surface area (Å²) in [6, 6.07) is 17.0. The first-order valence-corrected chi connectivity index (χ1v) is 9.23. The third-order valence-electron chi connectivity index (χ3n) is 4.28. The van der Waals surface area contributed by atoms with E-state index in [0.717, 1.165) is 5.39 Å². The van der Waals surface area contributed by atoms with Crippen LogP contribution >= 0.6 is 11.6 Å². The Morgan fingerprint density at radius 2 is 1.90 bits per heavy atom. The van der Waals surface area contributed by atoms with Gasteiger partial charge in [0.05, 0.1) is 18.9 Å². The van der Waals surface area contributed by atoms with Gasteiger partial charge >= 0.3 is 11.9 Å². The third kappa shape index (κ3) is 3.97. The van der Waals surface area contributed by atoms with Crippen molar-refractivity contribution in [3.05, 3.63) is 82.8 Å². The number of hydrogen-bond donors (Lipinski definition) is 1. The van der Waals surface area contributed by atoms with Crippen LogP contribution in [-0.4, -0.2) is 25.2 Å². The molecule has 1 N–H and O–H groups in total. The number of nitrogens with one attached hydrogen (secondary N) is 1. The lowest BCUT2D eigenvalue weighted by Gasteiger charge is -2.04. The molecule has 2 aromatic carbocycles. The maximum Gasteiger partial charge on any atom is 0.338 e. The van der Waals surface area contributed by atoms with Gasteiger partial charge in [0.2, 0.25) is 0 Å². The number of amides is 1. The molecule has 0 atom stereocenters. The first-order valence-electron chi connectivity index (χ1n) is 8.85. The minimum atomic E-state index is -0.513. The maximum absolute atomic E-state index is 12.2. The van der Waals surface area contributed by atoms with E-state index in [1.54, 1.807) is 60.7 Å². The average Bonchev–Trinajstić information content (AvgIpc) is 3.40. The molecular formula is C22H15ClN2O5. The zero-order valence-corrected chi connectivity index (χ0v) is 16.5. The molecule has 4 rings (SSSR count). The molecule has 0 saturated carbocycles. The lowest BCUT2D eigenvalue weighted by atomic mass is 10.1. The molecule has 0 unspecified atom stereocenters. The van der Waals surface area contributed by atoms with Crippen molar-refractivity contribution in [2.45, 2.75) is 0 Å². The summed E-state index contributed by atoms with van der Waals surface area (Å²) in [7, 11) is 1.32. The van der Waals surface area contributed by atoms with Crippen LogP contribution in [0.5, 0.6) is 0 Å². The summed E-state index contributed by atoms with van der Waals surface area (Å²) in [6.45, 7) is 0. The largest absolute Gasteiger partial charge is 0.465 e. The van der Waals surface area contributed by atoms with Crippen molar-refractivity contribution >= 4 is 40.7 Å². The molecule has 8 heteroatoms. The molecule has 0 saturated heterocycles. The number of carbonyl (C=O) groups is 2. The molecule has 0 spiro atoms. The van der Waals surface area contributed by atoms with Crippen molar-refractivity contribution in [3.63, 3.8) is 0 Å². The smallest absolute Gasteiger partial charge is 0.338 e. The van der Waals surface area contributed by atoms with Crippen LogP contribution in [0, 0.1) is 0 Å². The van der Waals surface area contributed by atoms with Crippen molar-refractivity contribution in [1.82, 2.24) is 5.43 Å². The molecule has 1 amide bonds. The van der Waals surface area contributed by atoms with Crippen LogP contribution in [0.2, 0.25) is 5.02 Å². The Balaban J connectivity index is 1.47. The second-order valence-corrected chi connectivity index (χ2v) is 6.67. The number of carbonyl (C=O) groups excluding carboxylic acids is 2. The fraction of sp³-hybridized carbons (Fsp3) is 0.0455. The Bertz CT molecular complexity index is 1270. The fourth-order valence-corrected chi connectivity index (χ4v) is 3.07. The normalized spacial score (nSPS) is 11.1. The number of nitrogens with zero attached hydrogens (tertiary/aromatic N) is 1. The molecule has 30 heavy (non-hydrogen) atoms. The molecule has 0 aliphatic heterocycles. The van der Waals surface area contributed by atoms with Crippen LogP contribution in [0.4, 0.5) is 0 Å². The Kier molecular flexibility index (Phi) is 5.36. The number of halogens is 1. The van der Waals surface area contributed by atoms with Crippen molar-refractivity contribution in [2.24, 2.45) is 5.10 Å². The van der Waals surface area contributed by atoms with E-state index in [1.807, 2.05) is 0 Å². The van der Waals surface area contributed by atoms with Gasteiger partial charge in [-0.05, 0) is 42.5 Å². The summed E-state index contributed by atoms with van der Waals surface area (Å²) in [6.07, 6.45) is 1.35. The van der Waals surface area contributed by atoms with Crippen molar-refractivity contribution in [3.8, 4) is 11.3 Å². The highest BCUT2D eigenvalue weighted by molar-refractivity contribution is 6.31. The van der Waals surface area contributed by atoms with E-state index in [1.165, 1.54) is 13.3 Å². The van der Waals surface area contributed by atoms with E-state index in [0.29, 0.717) is 33.3 Å². The van der Waals surface area contributed by atoms with Gasteiger partial charge in [-0.25, -0.2) is 10.2 Å². The standard InChI is InChI=1S/C22H15ClN2O5/c1-28-22(27)17-5-3-2-4-16(17)19-9-7-15(29-19)12-24-25-21(26)20-11-13-10-14(23)6-8-18(13)30-20/h2-12H,1H3,(H,25,26)/b24-12+. The van der Waals surface area contributed by atoms with Gasteiger partial charge in [-0.3, -0.25) is 4.79 Å². The monoisotopic (exact) mass is 422 g/mol. The van der Waals surface area contributed by atoms with Crippen LogP contribution in [0.3, 0.4) is 0 Å². The SMILES string of the molecule is COC(=O)c1ccccc1-c1ccc(/C=N/NC(=O)c2cc3cc(Cl)ccc3o2)o1. The minimum absolute atomic E-state index is 0.108. The number of rotatable bonds is 5. The van der Waals surface area contributed by atoms with Crippen LogP contribution in [0.25, 0.3) is 22.3 Å². The number of methoxy groups -OCH3 is 1. The fourth-order valence-electron chi connectivity index (χ4n) is 2.89. The summed E-state index contributed by atoms with van der Waals surface area (Å²) >= 11 is 5.94. The molecule has 0 aliphatic carbocycles. The molecule has 0 aliphatic rings. The van der Waals surface area contributed by atoms with Gasteiger partial charge in [0.15, 0.2) is 5.76 Å². The number of benzene rings is 2. The van der Waals surface area contributed by atoms with Gasteiger partial charge in [0.1, 0.15) is 17.1 Å². The molecule has 2 heterocycles. The minimum Gasteiger partial charge on any atom is -0.465 e. The quantitative estimate of drug-likeness (QED) is 0.280. The Morgan fingerprint density at radius 1 is 1.07 bits per heavy atom. The Labute approximate surface area is 175 Å². The molecular weight excluding hydrogens is 408 g/mol. The number of esters is 1. The first-order chi connectivity index (χ1) is 14.5. The summed E-state index contributed by atoms with van der Waals surface area (Å²) in [4.78, 5) is 24.2. The zero-order chi connectivity index (χ0) is 21.1. The summed E-state index contributed by atoms with van der Waals surface area (Å²) < 4.78 is 16.0. The first kappa shape index (κ1) is 19.5. The van der Waals surface area contributed by atoms with E-state index < -0.39 is 11.9 Å². The van der Waals surface area contributed by atoms with Gasteiger partial charge in [0, 0.05) is 16.0 Å². The molecule has 0 radical (unpaired) electrons. The highest BCUT2D eigenvalue weighted by Crippen LogP contribution is 2.26. The van der Waals surface area contributed by atoms with Crippen LogP contribution in [0.1, 0.15) is 26.7 Å². The molecule has 7 nitrogen and oxygen atoms in total. The van der Waals surface area contributed by atoms with Crippen LogP contribution in [-0.2, 0) is 4.74 Å². The topological polar surface area (TPSA) is 94.0 Å². The second-order valence-electron chi connectivity index (χ2n) is 6.23. The highest BCUT2D eigenvalue weighted by atomic mass is 35.5. The van der Waals surface area contributed by atoms with Crippen molar-refractivity contribution in [1.29, 1.82) is 0 Å². The van der Waals surface area contributed by atoms with E-state index in [2.05, 4.69) is 10.5 Å². The summed E-state index contributed by atoms with van der Waals surface area (Å²) in [5, 5.41) is 5.16. The molecule has 0 fully saturated rings. The number of ether oxygens (including phenoxy) is 1. The molecule has 150 valence electrons. The van der Waals surface area contributed by atoms with Crippen molar-refractivity contribution in [2.75, 3.05) is 7.11 Å². The number of furan rings is 2. The third-order valence-corrected chi connectivity index (χ3v) is 4.52. The van der Waals surface area contributed by atoms with Gasteiger partial charge in [0.25, 0.3) is 0 Å². The Morgan fingerprint density at radius 3 is 2.73 bits per heavy atom. The van der Waals surface area contributed by atoms with Gasteiger partial charge < -0.3 is 13.6 Å². The maximum atomic E-state index is 12.2. The predicted octanol–water partition coefficient (Wildman–Crippen LogP) is 4.90. The number of hydrogen-bond acceptors (Lipinski definition) is 6. The predicted molar refractivity (Wildman–Crippen MR) is 112 cm³/mol. The highest BCUT2D eigenvalue weighted by Gasteiger charge is 2.15. The van der Waals surface area contributed by atoms with E-state index in [9.17, 15) is 9.59 Å². The lowest BCUT2D eigenvalue weighted by molar-refractivity contribution is 0.0601. The second kappa shape index (κ2) is 8.26. The van der Waals surface area contributed by atoms with Crippen LogP contribution < -0.4 is 5.43 Å². The van der Waals surface area contributed by atoms with Crippen LogP contribution in [0.15, 0.2) is 74.6 Å². The van der Waals surface area contributed by atoms with E-state index in [4.69, 9.17) is 25.2 Å². The lowest BCUT2D eigenvalue weighted by Crippen LogP contribution is -2.16. The summed E-state index contributed by atoms with van der Waals surface area (Å²) in [5.41, 5.74) is 3.91. The van der Waals surface area contributed by atoms with E-state index >= 15 is 0 Å². The molecule has 4 aromatic rings. The summed E-state index contributed by atoms with van der Waals surface area (Å²) in [5.74, 6) is -0.00570. The number of hydrazone groups is 1. The Hall–Kier alpha value is -3.84. The van der Waals surface area contributed by atoms with Crippen molar-refractivity contribution < 1.29 is 23.2 Å². The average molecular weight is 423 g/mol. The molecule has 2 aromatic heterocycles.